The molecule has 9 nitrogen and oxygen atoms in total. The maximum absolute atomic E-state index is 13.1. The van der Waals surface area contributed by atoms with Crippen LogP contribution < -0.4 is 10.1 Å². The molecule has 0 aliphatic carbocycles. The first-order chi connectivity index (χ1) is 17.2. The van der Waals surface area contributed by atoms with E-state index >= 15 is 0 Å². The molecule has 2 heterocycles. The van der Waals surface area contributed by atoms with Gasteiger partial charge in [-0.1, -0.05) is 18.6 Å². The molecule has 2 saturated heterocycles. The molecule has 2 aromatic rings. The van der Waals surface area contributed by atoms with Crippen LogP contribution in [0, 0.1) is 5.92 Å². The minimum Gasteiger partial charge on any atom is -0.497 e. The van der Waals surface area contributed by atoms with Gasteiger partial charge in [-0.05, 0) is 67.6 Å². The van der Waals surface area contributed by atoms with Crippen LogP contribution in [0.15, 0.2) is 58.3 Å². The smallest absolute Gasteiger partial charge is 0.243 e. The highest BCUT2D eigenvalue weighted by atomic mass is 32.2. The zero-order valence-electron chi connectivity index (χ0n) is 20.4. The van der Waals surface area contributed by atoms with Gasteiger partial charge in [-0.3, -0.25) is 4.79 Å². The van der Waals surface area contributed by atoms with Crippen LogP contribution in [0.1, 0.15) is 37.7 Å². The summed E-state index contributed by atoms with van der Waals surface area (Å²) in [4.78, 5) is 13.3. The first-order valence-electron chi connectivity index (χ1n) is 12.2. The topological polar surface area (TPSA) is 113 Å². The van der Waals surface area contributed by atoms with Crippen molar-refractivity contribution in [1.82, 2.24) is 13.9 Å². The Labute approximate surface area is 213 Å². The van der Waals surface area contributed by atoms with Gasteiger partial charge in [-0.15, -0.1) is 0 Å². The van der Waals surface area contributed by atoms with Gasteiger partial charge >= 0.3 is 0 Å². The van der Waals surface area contributed by atoms with Crippen molar-refractivity contribution < 1.29 is 26.4 Å². The second kappa shape index (κ2) is 11.3. The summed E-state index contributed by atoms with van der Waals surface area (Å²) in [6.45, 7) is 1.82. The number of piperidine rings is 2. The molecular weight excluding hydrogens is 502 g/mol. The third kappa shape index (κ3) is 5.91. The number of amides is 1. The van der Waals surface area contributed by atoms with Gasteiger partial charge in [0, 0.05) is 32.7 Å². The van der Waals surface area contributed by atoms with Crippen molar-refractivity contribution in [3.05, 3.63) is 54.1 Å². The minimum absolute atomic E-state index is 0.118. The van der Waals surface area contributed by atoms with E-state index in [1.54, 1.807) is 36.4 Å². The van der Waals surface area contributed by atoms with Gasteiger partial charge in [0.2, 0.25) is 26.0 Å². The summed E-state index contributed by atoms with van der Waals surface area (Å²) in [6.07, 6.45) is 4.01. The number of methoxy groups -OCH3 is 1. The summed E-state index contributed by atoms with van der Waals surface area (Å²) in [5.41, 5.74) is 0.777. The molecule has 36 heavy (non-hydrogen) atoms. The Kier molecular flexibility index (Phi) is 8.34. The molecule has 2 aliphatic rings. The number of nitrogens with zero attached hydrogens (tertiary/aromatic N) is 2. The summed E-state index contributed by atoms with van der Waals surface area (Å²) in [5.74, 6) is -0.0952. The van der Waals surface area contributed by atoms with Crippen LogP contribution >= 0.6 is 0 Å². The summed E-state index contributed by atoms with van der Waals surface area (Å²) in [7, 11) is -5.69. The predicted molar refractivity (Wildman–Crippen MR) is 135 cm³/mol. The summed E-state index contributed by atoms with van der Waals surface area (Å²) >= 11 is 0. The maximum Gasteiger partial charge on any atom is 0.243 e. The lowest BCUT2D eigenvalue weighted by Gasteiger charge is -2.31. The summed E-state index contributed by atoms with van der Waals surface area (Å²) in [5, 5.41) is 2.88. The van der Waals surface area contributed by atoms with Crippen molar-refractivity contribution >= 4 is 26.0 Å². The number of nitrogens with one attached hydrogen (secondary N) is 1. The molecular formula is C25H33N3O6S2. The minimum atomic E-state index is -3.71. The largest absolute Gasteiger partial charge is 0.497 e. The van der Waals surface area contributed by atoms with Crippen LogP contribution in [-0.4, -0.2) is 64.6 Å². The number of carbonyl (C=O) groups is 1. The molecule has 1 atom stereocenters. The van der Waals surface area contributed by atoms with Gasteiger partial charge in [-0.2, -0.15) is 8.61 Å². The van der Waals surface area contributed by atoms with Gasteiger partial charge in [0.05, 0.1) is 22.8 Å². The lowest BCUT2D eigenvalue weighted by atomic mass is 9.99. The van der Waals surface area contributed by atoms with Crippen molar-refractivity contribution in [3.8, 4) is 5.75 Å². The maximum atomic E-state index is 13.1. The molecule has 11 heteroatoms. The van der Waals surface area contributed by atoms with Crippen LogP contribution in [-0.2, 0) is 31.4 Å². The molecule has 0 bridgehead atoms. The van der Waals surface area contributed by atoms with Gasteiger partial charge in [0.15, 0.2) is 0 Å². The monoisotopic (exact) mass is 535 g/mol. The van der Waals surface area contributed by atoms with E-state index in [1.807, 2.05) is 0 Å². The number of sulfonamides is 2. The lowest BCUT2D eigenvalue weighted by Crippen LogP contribution is -2.45. The molecule has 1 N–H and O–H groups in total. The van der Waals surface area contributed by atoms with Crippen LogP contribution in [0.3, 0.4) is 0 Å². The predicted octanol–water partition coefficient (Wildman–Crippen LogP) is 2.59. The zero-order chi connectivity index (χ0) is 25.8. The highest BCUT2D eigenvalue weighted by Gasteiger charge is 2.33. The van der Waals surface area contributed by atoms with Crippen LogP contribution in [0.5, 0.6) is 5.75 Å². The van der Waals surface area contributed by atoms with E-state index < -0.39 is 26.0 Å². The van der Waals surface area contributed by atoms with E-state index in [4.69, 9.17) is 4.74 Å². The second-order valence-electron chi connectivity index (χ2n) is 9.20. The molecule has 4 rings (SSSR count). The number of benzene rings is 2. The first kappa shape index (κ1) is 26.6. The Bertz CT molecular complexity index is 1260. The number of ether oxygens (including phenoxy) is 1. The average molecular weight is 536 g/mol. The van der Waals surface area contributed by atoms with Crippen molar-refractivity contribution in [1.29, 1.82) is 0 Å². The van der Waals surface area contributed by atoms with Gasteiger partial charge < -0.3 is 10.1 Å². The molecule has 0 spiro atoms. The average Bonchev–Trinajstić information content (AvgIpc) is 2.92. The summed E-state index contributed by atoms with van der Waals surface area (Å²) in [6, 6.07) is 12.8. The van der Waals surface area contributed by atoms with E-state index in [2.05, 4.69) is 5.32 Å². The van der Waals surface area contributed by atoms with Crippen LogP contribution in [0.4, 0.5) is 0 Å². The number of rotatable bonds is 8. The third-order valence-electron chi connectivity index (χ3n) is 6.80. The fourth-order valence-electron chi connectivity index (χ4n) is 4.64. The Balaban J connectivity index is 1.34. The van der Waals surface area contributed by atoms with Gasteiger partial charge in [0.1, 0.15) is 5.75 Å². The number of hydrogen-bond acceptors (Lipinski definition) is 6. The van der Waals surface area contributed by atoms with E-state index in [0.717, 1.165) is 24.8 Å². The highest BCUT2D eigenvalue weighted by Crippen LogP contribution is 2.26. The van der Waals surface area contributed by atoms with Crippen LogP contribution in [0.25, 0.3) is 0 Å². The van der Waals surface area contributed by atoms with E-state index in [0.29, 0.717) is 38.2 Å². The molecule has 2 fully saturated rings. The van der Waals surface area contributed by atoms with Crippen LogP contribution in [0.2, 0.25) is 0 Å². The normalized spacial score (nSPS) is 20.1. The molecule has 0 radical (unpaired) electrons. The van der Waals surface area contributed by atoms with E-state index in [1.165, 1.54) is 27.9 Å². The molecule has 2 aliphatic heterocycles. The highest BCUT2D eigenvalue weighted by molar-refractivity contribution is 7.89. The Morgan fingerprint density at radius 1 is 0.833 bits per heavy atom. The zero-order valence-corrected chi connectivity index (χ0v) is 22.1. The third-order valence-corrected chi connectivity index (χ3v) is 10.6. The molecule has 2 aromatic carbocycles. The van der Waals surface area contributed by atoms with Crippen molar-refractivity contribution in [3.63, 3.8) is 0 Å². The number of carbonyl (C=O) groups excluding carboxylic acids is 1. The molecule has 0 aromatic heterocycles. The molecule has 196 valence electrons. The standard InChI is InChI=1S/C25H33N3O6S2/c1-34-22-9-13-24(14-10-22)36(32,33)28-17-5-6-21(19-28)25(29)26-18-20-7-11-23(12-8-20)35(30,31)27-15-3-2-4-16-27/h7-14,21H,2-6,15-19H2,1H3,(H,26,29)/t21-/m0/s1. The molecule has 0 unspecified atom stereocenters. The van der Waals surface area contributed by atoms with E-state index in [9.17, 15) is 21.6 Å². The van der Waals surface area contributed by atoms with Gasteiger partial charge in [0.25, 0.3) is 0 Å². The molecule has 1 amide bonds. The molecule has 0 saturated carbocycles. The fourth-order valence-corrected chi connectivity index (χ4v) is 7.68. The van der Waals surface area contributed by atoms with Crippen molar-refractivity contribution in [2.24, 2.45) is 5.92 Å². The quantitative estimate of drug-likeness (QED) is 0.556. The summed E-state index contributed by atoms with van der Waals surface area (Å²) < 4.78 is 59.7. The fraction of sp³-hybridized carbons (Fsp3) is 0.480. The SMILES string of the molecule is COc1ccc(S(=O)(=O)N2CCC[C@H](C(=O)NCc3ccc(S(=O)(=O)N4CCCCC4)cc3)C2)cc1. The van der Waals surface area contributed by atoms with Gasteiger partial charge in [-0.25, -0.2) is 16.8 Å². The van der Waals surface area contributed by atoms with Crippen molar-refractivity contribution in [2.75, 3.05) is 33.3 Å². The lowest BCUT2D eigenvalue weighted by molar-refractivity contribution is -0.126. The Hall–Kier alpha value is -2.47. The number of hydrogen-bond donors (Lipinski definition) is 1. The second-order valence-corrected chi connectivity index (χ2v) is 13.1. The Morgan fingerprint density at radius 3 is 2.00 bits per heavy atom. The first-order valence-corrected chi connectivity index (χ1v) is 15.1. The van der Waals surface area contributed by atoms with E-state index in [-0.39, 0.29) is 28.8 Å². The van der Waals surface area contributed by atoms with Crippen molar-refractivity contribution in [2.45, 2.75) is 48.4 Å². The Morgan fingerprint density at radius 2 is 1.39 bits per heavy atom.